The molecule has 0 unspecified atom stereocenters. The first-order valence-electron chi connectivity index (χ1n) is 5.23. The van der Waals surface area contributed by atoms with Crippen LogP contribution in [-0.4, -0.2) is 7.11 Å². The molecule has 20 heavy (non-hydrogen) atoms. The van der Waals surface area contributed by atoms with Gasteiger partial charge < -0.3 is 4.74 Å². The summed E-state index contributed by atoms with van der Waals surface area (Å²) in [5.74, 6) is 0.496. The van der Waals surface area contributed by atoms with Gasteiger partial charge in [-0.05, 0) is 18.2 Å². The van der Waals surface area contributed by atoms with Crippen molar-refractivity contribution in [3.05, 3.63) is 48.3 Å². The smallest absolute Gasteiger partial charge is 0.128 e. The average molecular weight is 391 g/mol. The van der Waals surface area contributed by atoms with Gasteiger partial charge in [0.15, 0.2) is 0 Å². The minimum Gasteiger partial charge on any atom is -0.496 e. The molecule has 0 bridgehead atoms. The standard InChI is InChI=1S/C13H6Cl6O/c1-20-7-4-5(14)2-3-6(7)8-9(15)11(17)13(19)12(18)10(8)16/h2-4H,1H3. The van der Waals surface area contributed by atoms with Crippen LogP contribution < -0.4 is 4.74 Å². The van der Waals surface area contributed by atoms with Crippen molar-refractivity contribution in [3.8, 4) is 16.9 Å². The largest absolute Gasteiger partial charge is 0.496 e. The molecule has 1 nitrogen and oxygen atoms in total. The van der Waals surface area contributed by atoms with E-state index in [1.807, 2.05) is 0 Å². The molecule has 0 saturated heterocycles. The fourth-order valence-corrected chi connectivity index (χ4v) is 3.22. The Balaban J connectivity index is 2.83. The summed E-state index contributed by atoms with van der Waals surface area (Å²) in [6, 6.07) is 5.04. The highest BCUT2D eigenvalue weighted by Crippen LogP contribution is 2.50. The van der Waals surface area contributed by atoms with Crippen LogP contribution in [0.15, 0.2) is 18.2 Å². The summed E-state index contributed by atoms with van der Waals surface area (Å²) >= 11 is 36.5. The minimum absolute atomic E-state index is 0.111. The van der Waals surface area contributed by atoms with E-state index in [2.05, 4.69) is 0 Å². The van der Waals surface area contributed by atoms with Gasteiger partial charge in [-0.15, -0.1) is 0 Å². The lowest BCUT2D eigenvalue weighted by Crippen LogP contribution is -1.91. The van der Waals surface area contributed by atoms with E-state index in [-0.39, 0.29) is 25.1 Å². The van der Waals surface area contributed by atoms with Gasteiger partial charge in [-0.3, -0.25) is 0 Å². The van der Waals surface area contributed by atoms with Crippen molar-refractivity contribution in [2.45, 2.75) is 0 Å². The maximum atomic E-state index is 6.23. The number of methoxy groups -OCH3 is 1. The molecule has 0 aliphatic rings. The first-order valence-corrected chi connectivity index (χ1v) is 7.50. The normalized spacial score (nSPS) is 10.8. The van der Waals surface area contributed by atoms with Crippen LogP contribution in [0.1, 0.15) is 0 Å². The number of halogens is 6. The van der Waals surface area contributed by atoms with E-state index in [0.717, 1.165) is 0 Å². The Morgan fingerprint density at radius 3 is 1.75 bits per heavy atom. The fraction of sp³-hybridized carbons (Fsp3) is 0.0769. The topological polar surface area (TPSA) is 9.23 Å². The lowest BCUT2D eigenvalue weighted by molar-refractivity contribution is 0.416. The first kappa shape index (κ1) is 16.4. The van der Waals surface area contributed by atoms with Gasteiger partial charge in [-0.1, -0.05) is 69.6 Å². The average Bonchev–Trinajstić information content (AvgIpc) is 2.44. The Morgan fingerprint density at radius 2 is 1.25 bits per heavy atom. The van der Waals surface area contributed by atoms with E-state index >= 15 is 0 Å². The maximum Gasteiger partial charge on any atom is 0.128 e. The lowest BCUT2D eigenvalue weighted by atomic mass is 10.0. The molecule has 0 aliphatic heterocycles. The van der Waals surface area contributed by atoms with Gasteiger partial charge in [0.1, 0.15) is 5.75 Å². The molecule has 106 valence electrons. The maximum absolute atomic E-state index is 6.23. The summed E-state index contributed by atoms with van der Waals surface area (Å²) in [4.78, 5) is 0. The summed E-state index contributed by atoms with van der Waals surface area (Å²) in [7, 11) is 1.51. The van der Waals surface area contributed by atoms with Crippen LogP contribution in [0.4, 0.5) is 0 Å². The number of ether oxygens (including phenoxy) is 1. The van der Waals surface area contributed by atoms with Crippen LogP contribution >= 0.6 is 69.6 Å². The van der Waals surface area contributed by atoms with E-state index in [9.17, 15) is 0 Å². The first-order chi connectivity index (χ1) is 9.38. The van der Waals surface area contributed by atoms with Gasteiger partial charge in [-0.2, -0.15) is 0 Å². The number of benzene rings is 2. The number of hydrogen-bond donors (Lipinski definition) is 0. The molecule has 0 N–H and O–H groups in total. The molecule has 2 aromatic rings. The Morgan fingerprint density at radius 1 is 0.750 bits per heavy atom. The van der Waals surface area contributed by atoms with Crippen molar-refractivity contribution in [2.24, 2.45) is 0 Å². The summed E-state index contributed by atoms with van der Waals surface area (Å²) in [6.07, 6.45) is 0. The SMILES string of the molecule is COc1cc(Cl)ccc1-c1c(Cl)c(Cl)c(Cl)c(Cl)c1Cl. The molecule has 0 amide bonds. The van der Waals surface area contributed by atoms with Crippen molar-refractivity contribution >= 4 is 69.6 Å². The Bertz CT molecular complexity index is 654. The number of rotatable bonds is 2. The second-order valence-corrected chi connectivity index (χ2v) is 6.12. The zero-order chi connectivity index (χ0) is 15.0. The summed E-state index contributed by atoms with van der Waals surface area (Å²) < 4.78 is 5.28. The summed E-state index contributed by atoms with van der Waals surface area (Å²) in [6.45, 7) is 0. The predicted molar refractivity (Wildman–Crippen MR) is 88.5 cm³/mol. The number of hydrogen-bond acceptors (Lipinski definition) is 1. The highest BCUT2D eigenvalue weighted by Gasteiger charge is 2.22. The van der Waals surface area contributed by atoms with Gasteiger partial charge in [0.05, 0.1) is 32.2 Å². The molecule has 0 spiro atoms. The van der Waals surface area contributed by atoms with Crippen molar-refractivity contribution in [3.63, 3.8) is 0 Å². The molecular weight excluding hydrogens is 385 g/mol. The molecule has 2 rings (SSSR count). The van der Waals surface area contributed by atoms with Gasteiger partial charge in [0.25, 0.3) is 0 Å². The molecule has 0 saturated carbocycles. The van der Waals surface area contributed by atoms with Crippen molar-refractivity contribution in [1.82, 2.24) is 0 Å². The van der Waals surface area contributed by atoms with E-state index in [1.165, 1.54) is 7.11 Å². The molecule has 0 fully saturated rings. The molecule has 0 aliphatic carbocycles. The van der Waals surface area contributed by atoms with E-state index in [1.54, 1.807) is 18.2 Å². The second-order valence-electron chi connectivity index (χ2n) is 3.79. The van der Waals surface area contributed by atoms with E-state index in [0.29, 0.717) is 21.9 Å². The van der Waals surface area contributed by atoms with E-state index in [4.69, 9.17) is 74.3 Å². The predicted octanol–water partition coefficient (Wildman–Crippen LogP) is 7.28. The van der Waals surface area contributed by atoms with Crippen LogP contribution in [0.3, 0.4) is 0 Å². The van der Waals surface area contributed by atoms with Crippen LogP contribution in [0.2, 0.25) is 30.1 Å². The Hall–Kier alpha value is -0.0200. The zero-order valence-corrected chi connectivity index (χ0v) is 14.4. The van der Waals surface area contributed by atoms with Crippen molar-refractivity contribution < 1.29 is 4.74 Å². The van der Waals surface area contributed by atoms with Crippen molar-refractivity contribution in [2.75, 3.05) is 7.11 Å². The third kappa shape index (κ3) is 2.81. The van der Waals surface area contributed by atoms with Crippen LogP contribution in [-0.2, 0) is 0 Å². The van der Waals surface area contributed by atoms with Crippen LogP contribution in [0.25, 0.3) is 11.1 Å². The van der Waals surface area contributed by atoms with Crippen LogP contribution in [0, 0.1) is 0 Å². The highest BCUT2D eigenvalue weighted by molar-refractivity contribution is 6.56. The van der Waals surface area contributed by atoms with Gasteiger partial charge >= 0.3 is 0 Å². The molecule has 7 heteroatoms. The zero-order valence-electron chi connectivity index (χ0n) is 9.91. The lowest BCUT2D eigenvalue weighted by Gasteiger charge is -2.15. The molecule has 0 atom stereocenters. The fourth-order valence-electron chi connectivity index (χ4n) is 1.71. The van der Waals surface area contributed by atoms with Gasteiger partial charge in [0.2, 0.25) is 0 Å². The van der Waals surface area contributed by atoms with E-state index < -0.39 is 0 Å². The summed E-state index contributed by atoms with van der Waals surface area (Å²) in [5.41, 5.74) is 1.06. The summed E-state index contributed by atoms with van der Waals surface area (Å²) in [5, 5.41) is 1.30. The third-order valence-electron chi connectivity index (χ3n) is 2.64. The van der Waals surface area contributed by atoms with Gasteiger partial charge in [-0.25, -0.2) is 0 Å². The quantitative estimate of drug-likeness (QED) is 0.386. The van der Waals surface area contributed by atoms with Crippen LogP contribution in [0.5, 0.6) is 5.75 Å². The Kier molecular flexibility index (Phi) is 5.23. The molecular formula is C13H6Cl6O. The van der Waals surface area contributed by atoms with Gasteiger partial charge in [0, 0.05) is 16.1 Å². The third-order valence-corrected chi connectivity index (χ3v) is 5.15. The molecule has 2 aromatic carbocycles. The molecule has 0 heterocycles. The minimum atomic E-state index is 0.111. The monoisotopic (exact) mass is 388 g/mol. The molecule has 0 aromatic heterocycles. The Labute approximate surface area is 146 Å². The highest BCUT2D eigenvalue weighted by atomic mass is 35.5. The molecule has 0 radical (unpaired) electrons. The second kappa shape index (κ2) is 6.39. The van der Waals surface area contributed by atoms with Crippen molar-refractivity contribution in [1.29, 1.82) is 0 Å².